The summed E-state index contributed by atoms with van der Waals surface area (Å²) < 4.78 is 5.87. The summed E-state index contributed by atoms with van der Waals surface area (Å²) in [5.41, 5.74) is 2.47. The van der Waals surface area contributed by atoms with E-state index in [0.29, 0.717) is 23.5 Å². The van der Waals surface area contributed by atoms with E-state index >= 15 is 0 Å². The van der Waals surface area contributed by atoms with Gasteiger partial charge in [0, 0.05) is 0 Å². The molecule has 0 saturated heterocycles. The Hall–Kier alpha value is -1.36. The SMILES string of the molecule is CC1CC(C)CC(Oc2cncc(NN)n2)C1. The zero-order valence-electron chi connectivity index (χ0n) is 10.4. The lowest BCUT2D eigenvalue weighted by Gasteiger charge is -2.31. The van der Waals surface area contributed by atoms with Gasteiger partial charge in [-0.15, -0.1) is 0 Å². The summed E-state index contributed by atoms with van der Waals surface area (Å²) in [6.45, 7) is 4.55. The summed E-state index contributed by atoms with van der Waals surface area (Å²) in [4.78, 5) is 8.24. The van der Waals surface area contributed by atoms with Gasteiger partial charge in [0.1, 0.15) is 6.10 Å². The molecule has 3 N–H and O–H groups in total. The van der Waals surface area contributed by atoms with E-state index in [-0.39, 0.29) is 6.10 Å². The molecule has 0 aliphatic heterocycles. The number of hydrogen-bond donors (Lipinski definition) is 2. The van der Waals surface area contributed by atoms with Crippen LogP contribution in [0.25, 0.3) is 0 Å². The van der Waals surface area contributed by atoms with Crippen LogP contribution in [0.15, 0.2) is 12.4 Å². The topological polar surface area (TPSA) is 73.1 Å². The summed E-state index contributed by atoms with van der Waals surface area (Å²) in [6.07, 6.45) is 6.91. The maximum Gasteiger partial charge on any atom is 0.234 e. The molecule has 0 aromatic carbocycles. The summed E-state index contributed by atoms with van der Waals surface area (Å²) in [5.74, 6) is 7.79. The zero-order chi connectivity index (χ0) is 12.3. The lowest BCUT2D eigenvalue weighted by molar-refractivity contribution is 0.0964. The lowest BCUT2D eigenvalue weighted by atomic mass is 9.82. The van der Waals surface area contributed by atoms with Gasteiger partial charge in [-0.05, 0) is 31.1 Å². The quantitative estimate of drug-likeness (QED) is 0.620. The monoisotopic (exact) mass is 236 g/mol. The molecule has 17 heavy (non-hydrogen) atoms. The van der Waals surface area contributed by atoms with E-state index < -0.39 is 0 Å². The zero-order valence-corrected chi connectivity index (χ0v) is 10.4. The van der Waals surface area contributed by atoms with Crippen LogP contribution < -0.4 is 16.0 Å². The maximum absolute atomic E-state index is 5.87. The molecule has 2 rings (SSSR count). The molecule has 0 amide bonds. The number of hydrogen-bond acceptors (Lipinski definition) is 5. The normalized spacial score (nSPS) is 28.8. The van der Waals surface area contributed by atoms with Crippen molar-refractivity contribution < 1.29 is 4.74 Å². The molecule has 2 atom stereocenters. The number of ether oxygens (including phenoxy) is 1. The maximum atomic E-state index is 5.87. The second kappa shape index (κ2) is 5.31. The second-order valence-corrected chi connectivity index (χ2v) is 5.04. The standard InChI is InChI=1S/C12H20N4O/c1-8-3-9(2)5-10(4-8)17-12-7-14-6-11(15-12)16-13/h6-10H,3-5,13H2,1-2H3,(H,15,16). The number of nitrogens with zero attached hydrogens (tertiary/aromatic N) is 2. The van der Waals surface area contributed by atoms with Crippen LogP contribution in [0, 0.1) is 11.8 Å². The van der Waals surface area contributed by atoms with Crippen molar-refractivity contribution in [3.05, 3.63) is 12.4 Å². The van der Waals surface area contributed by atoms with Gasteiger partial charge < -0.3 is 10.2 Å². The highest BCUT2D eigenvalue weighted by Crippen LogP contribution is 2.30. The summed E-state index contributed by atoms with van der Waals surface area (Å²) in [7, 11) is 0. The van der Waals surface area contributed by atoms with Gasteiger partial charge >= 0.3 is 0 Å². The van der Waals surface area contributed by atoms with Crippen molar-refractivity contribution in [1.82, 2.24) is 9.97 Å². The van der Waals surface area contributed by atoms with Gasteiger partial charge in [-0.1, -0.05) is 13.8 Å². The first-order valence-electron chi connectivity index (χ1n) is 6.12. The fourth-order valence-corrected chi connectivity index (χ4v) is 2.61. The van der Waals surface area contributed by atoms with E-state index in [1.165, 1.54) is 6.42 Å². The first kappa shape index (κ1) is 12.1. The molecule has 0 bridgehead atoms. The van der Waals surface area contributed by atoms with Crippen LogP contribution in [0.3, 0.4) is 0 Å². The molecule has 5 nitrogen and oxygen atoms in total. The van der Waals surface area contributed by atoms with Gasteiger partial charge in [-0.2, -0.15) is 4.98 Å². The number of nitrogens with one attached hydrogen (secondary N) is 1. The first-order chi connectivity index (χ1) is 8.17. The van der Waals surface area contributed by atoms with E-state index in [2.05, 4.69) is 29.2 Å². The Morgan fingerprint density at radius 1 is 1.24 bits per heavy atom. The van der Waals surface area contributed by atoms with Crippen molar-refractivity contribution in [1.29, 1.82) is 0 Å². The predicted molar refractivity (Wildman–Crippen MR) is 66.4 cm³/mol. The lowest BCUT2D eigenvalue weighted by Crippen LogP contribution is -2.28. The van der Waals surface area contributed by atoms with Crippen molar-refractivity contribution in [2.75, 3.05) is 5.43 Å². The van der Waals surface area contributed by atoms with Crippen molar-refractivity contribution in [2.45, 2.75) is 39.2 Å². The van der Waals surface area contributed by atoms with Crippen LogP contribution in [-0.4, -0.2) is 16.1 Å². The molecule has 1 aromatic heterocycles. The molecule has 1 aliphatic carbocycles. The smallest absolute Gasteiger partial charge is 0.234 e. The third-order valence-corrected chi connectivity index (χ3v) is 3.18. The van der Waals surface area contributed by atoms with Crippen LogP contribution in [0.2, 0.25) is 0 Å². The minimum atomic E-state index is 0.246. The largest absolute Gasteiger partial charge is 0.473 e. The van der Waals surface area contributed by atoms with Crippen LogP contribution in [0.1, 0.15) is 33.1 Å². The summed E-state index contributed by atoms with van der Waals surface area (Å²) >= 11 is 0. The van der Waals surface area contributed by atoms with Gasteiger partial charge in [0.05, 0.1) is 12.4 Å². The summed E-state index contributed by atoms with van der Waals surface area (Å²) in [6, 6.07) is 0. The van der Waals surface area contributed by atoms with Gasteiger partial charge in [0.25, 0.3) is 0 Å². The number of nitrogen functional groups attached to an aromatic ring is 1. The molecule has 1 saturated carbocycles. The van der Waals surface area contributed by atoms with E-state index in [1.807, 2.05) is 0 Å². The molecular weight excluding hydrogens is 216 g/mol. The molecule has 0 radical (unpaired) electrons. The Balaban J connectivity index is 1.99. The van der Waals surface area contributed by atoms with Crippen molar-refractivity contribution in [3.8, 4) is 5.88 Å². The fraction of sp³-hybridized carbons (Fsp3) is 0.667. The number of rotatable bonds is 3. The molecule has 1 aliphatic rings. The number of nitrogens with two attached hydrogens (primary N) is 1. The first-order valence-corrected chi connectivity index (χ1v) is 6.12. The molecule has 1 aromatic rings. The predicted octanol–water partition coefficient (Wildman–Crippen LogP) is 1.97. The highest BCUT2D eigenvalue weighted by Gasteiger charge is 2.25. The van der Waals surface area contributed by atoms with Gasteiger partial charge in [0.15, 0.2) is 5.82 Å². The van der Waals surface area contributed by atoms with E-state index in [4.69, 9.17) is 10.6 Å². The van der Waals surface area contributed by atoms with E-state index in [9.17, 15) is 0 Å². The molecule has 0 spiro atoms. The molecule has 5 heteroatoms. The Morgan fingerprint density at radius 3 is 2.59 bits per heavy atom. The minimum absolute atomic E-state index is 0.246. The summed E-state index contributed by atoms with van der Waals surface area (Å²) in [5, 5.41) is 0. The van der Waals surface area contributed by atoms with Crippen molar-refractivity contribution in [3.63, 3.8) is 0 Å². The van der Waals surface area contributed by atoms with Gasteiger partial charge in [-0.3, -0.25) is 4.98 Å². The van der Waals surface area contributed by atoms with Crippen LogP contribution in [-0.2, 0) is 0 Å². The van der Waals surface area contributed by atoms with Crippen LogP contribution in [0.4, 0.5) is 5.82 Å². The number of hydrazine groups is 1. The van der Waals surface area contributed by atoms with Crippen molar-refractivity contribution in [2.24, 2.45) is 17.7 Å². The third kappa shape index (κ3) is 3.30. The fourth-order valence-electron chi connectivity index (χ4n) is 2.61. The highest BCUT2D eigenvalue weighted by atomic mass is 16.5. The minimum Gasteiger partial charge on any atom is -0.473 e. The molecule has 94 valence electrons. The van der Waals surface area contributed by atoms with E-state index in [1.54, 1.807) is 12.4 Å². The number of anilines is 1. The molecule has 1 heterocycles. The van der Waals surface area contributed by atoms with Gasteiger partial charge in [-0.25, -0.2) is 5.84 Å². The van der Waals surface area contributed by atoms with Crippen molar-refractivity contribution >= 4 is 5.82 Å². The van der Waals surface area contributed by atoms with E-state index in [0.717, 1.165) is 12.8 Å². The Labute approximate surface area is 102 Å². The molecular formula is C12H20N4O. The van der Waals surface area contributed by atoms with Crippen LogP contribution >= 0.6 is 0 Å². The van der Waals surface area contributed by atoms with Gasteiger partial charge in [0.2, 0.25) is 5.88 Å². The highest BCUT2D eigenvalue weighted by molar-refractivity contribution is 5.31. The average Bonchev–Trinajstić information content (AvgIpc) is 2.28. The molecule has 2 unspecified atom stereocenters. The third-order valence-electron chi connectivity index (χ3n) is 3.18. The second-order valence-electron chi connectivity index (χ2n) is 5.04. The Kier molecular flexibility index (Phi) is 3.78. The average molecular weight is 236 g/mol. The number of aromatic nitrogens is 2. The van der Waals surface area contributed by atoms with Crippen LogP contribution in [0.5, 0.6) is 5.88 Å². The molecule has 1 fully saturated rings. The Morgan fingerprint density at radius 2 is 1.94 bits per heavy atom. The Bertz CT molecular complexity index is 361.